The predicted octanol–water partition coefficient (Wildman–Crippen LogP) is 1.99. The van der Waals surface area contributed by atoms with Crippen molar-refractivity contribution in [1.82, 2.24) is 0 Å². The van der Waals surface area contributed by atoms with Crippen LogP contribution in [0.5, 0.6) is 5.75 Å². The van der Waals surface area contributed by atoms with Crippen LogP contribution < -0.4 is 4.74 Å². The lowest BCUT2D eigenvalue weighted by Crippen LogP contribution is -1.97. The summed E-state index contributed by atoms with van der Waals surface area (Å²) in [6.45, 7) is 0.775. The van der Waals surface area contributed by atoms with E-state index in [4.69, 9.17) is 14.9 Å². The Balaban J connectivity index is 2.23. The minimum Gasteiger partial charge on any atom is -0.493 e. The fourth-order valence-corrected chi connectivity index (χ4v) is 1.75. The lowest BCUT2D eigenvalue weighted by atomic mass is 10.2. The first-order valence-electron chi connectivity index (χ1n) is 4.79. The van der Waals surface area contributed by atoms with Crippen molar-refractivity contribution in [3.8, 4) is 5.75 Å². The van der Waals surface area contributed by atoms with Gasteiger partial charge < -0.3 is 14.9 Å². The molecule has 0 amide bonds. The minimum absolute atomic E-state index is 0.210. The third-order valence-corrected chi connectivity index (χ3v) is 2.75. The van der Waals surface area contributed by atoms with Crippen molar-refractivity contribution in [3.05, 3.63) is 16.3 Å². The van der Waals surface area contributed by atoms with Gasteiger partial charge in [-0.15, -0.1) is 11.3 Å². The Labute approximate surface area is 92.1 Å². The summed E-state index contributed by atoms with van der Waals surface area (Å²) in [4.78, 5) is 10.8. The van der Waals surface area contributed by atoms with E-state index in [2.05, 4.69) is 0 Å². The van der Waals surface area contributed by atoms with Gasteiger partial charge in [0.05, 0.1) is 6.61 Å². The largest absolute Gasteiger partial charge is 0.493 e. The molecule has 5 heteroatoms. The van der Waals surface area contributed by atoms with Crippen LogP contribution in [0.2, 0.25) is 0 Å². The fourth-order valence-electron chi connectivity index (χ4n) is 1.09. The Hall–Kier alpha value is -1.07. The van der Waals surface area contributed by atoms with Crippen molar-refractivity contribution >= 4 is 17.3 Å². The predicted molar refractivity (Wildman–Crippen MR) is 57.7 cm³/mol. The van der Waals surface area contributed by atoms with Crippen LogP contribution in [0.25, 0.3) is 0 Å². The summed E-state index contributed by atoms with van der Waals surface area (Å²) in [7, 11) is 0. The lowest BCUT2D eigenvalue weighted by molar-refractivity contribution is 0.0702. The van der Waals surface area contributed by atoms with Gasteiger partial charge in [0.1, 0.15) is 10.6 Å². The Morgan fingerprint density at radius 2 is 2.20 bits per heavy atom. The Morgan fingerprint density at radius 3 is 2.80 bits per heavy atom. The highest BCUT2D eigenvalue weighted by Gasteiger charge is 2.06. The molecule has 0 aliphatic heterocycles. The standard InChI is InChI=1S/C10H14O4S/c11-4-2-1-3-5-14-8-6-9(10(12)13)15-7-8/h6-7,11H,1-5H2,(H,12,13). The minimum atomic E-state index is -0.921. The molecular formula is C10H14O4S. The molecule has 4 nitrogen and oxygen atoms in total. The first-order chi connectivity index (χ1) is 7.24. The smallest absolute Gasteiger partial charge is 0.346 e. The molecule has 0 aliphatic rings. The van der Waals surface area contributed by atoms with Crippen LogP contribution in [0, 0.1) is 0 Å². The molecule has 0 atom stereocenters. The molecule has 0 aliphatic carbocycles. The third-order valence-electron chi connectivity index (χ3n) is 1.86. The quantitative estimate of drug-likeness (QED) is 0.703. The molecule has 0 fully saturated rings. The van der Waals surface area contributed by atoms with Crippen LogP contribution in [0.4, 0.5) is 0 Å². The van der Waals surface area contributed by atoms with Gasteiger partial charge in [0, 0.05) is 18.1 Å². The summed E-state index contributed by atoms with van der Waals surface area (Å²) in [6.07, 6.45) is 2.58. The molecule has 0 aromatic carbocycles. The van der Waals surface area contributed by atoms with Gasteiger partial charge in [0.25, 0.3) is 0 Å². The molecular weight excluding hydrogens is 216 g/mol. The second kappa shape index (κ2) is 6.42. The fraction of sp³-hybridized carbons (Fsp3) is 0.500. The molecule has 0 bridgehead atoms. The van der Waals surface area contributed by atoms with Gasteiger partial charge in [0.2, 0.25) is 0 Å². The van der Waals surface area contributed by atoms with Gasteiger partial charge in [-0.1, -0.05) is 0 Å². The molecule has 0 radical (unpaired) electrons. The number of hydrogen-bond donors (Lipinski definition) is 2. The van der Waals surface area contributed by atoms with E-state index in [9.17, 15) is 4.79 Å². The van der Waals surface area contributed by atoms with Crippen molar-refractivity contribution in [2.45, 2.75) is 19.3 Å². The zero-order chi connectivity index (χ0) is 11.1. The van der Waals surface area contributed by atoms with E-state index in [0.717, 1.165) is 30.6 Å². The highest BCUT2D eigenvalue weighted by atomic mass is 32.1. The topological polar surface area (TPSA) is 66.8 Å². The number of thiophene rings is 1. The Bertz CT molecular complexity index is 308. The second-order valence-corrected chi connectivity index (χ2v) is 4.00. The summed E-state index contributed by atoms with van der Waals surface area (Å²) in [5, 5.41) is 18.9. The molecule has 0 saturated heterocycles. The van der Waals surface area contributed by atoms with Gasteiger partial charge in [-0.05, 0) is 19.3 Å². The van der Waals surface area contributed by atoms with Crippen molar-refractivity contribution in [1.29, 1.82) is 0 Å². The zero-order valence-corrected chi connectivity index (χ0v) is 9.13. The van der Waals surface area contributed by atoms with Crippen LogP contribution in [0.15, 0.2) is 11.4 Å². The second-order valence-electron chi connectivity index (χ2n) is 3.08. The number of aromatic carboxylic acids is 1. The van der Waals surface area contributed by atoms with Crippen molar-refractivity contribution < 1.29 is 19.7 Å². The summed E-state index contributed by atoms with van der Waals surface area (Å²) in [5.41, 5.74) is 0. The summed E-state index contributed by atoms with van der Waals surface area (Å²) >= 11 is 1.16. The average molecular weight is 230 g/mol. The van der Waals surface area contributed by atoms with E-state index in [1.54, 1.807) is 5.38 Å². The van der Waals surface area contributed by atoms with Crippen LogP contribution in [-0.4, -0.2) is 29.4 Å². The number of carboxylic acid groups (broad SMARTS) is 1. The average Bonchev–Trinajstić information content (AvgIpc) is 2.66. The first kappa shape index (κ1) is 12.0. The van der Waals surface area contributed by atoms with Gasteiger partial charge in [-0.3, -0.25) is 0 Å². The number of carboxylic acids is 1. The molecule has 0 saturated carbocycles. The number of carbonyl (C=O) groups is 1. The summed E-state index contributed by atoms with van der Waals surface area (Å²) < 4.78 is 5.35. The number of rotatable bonds is 7. The van der Waals surface area contributed by atoms with Crippen molar-refractivity contribution in [2.75, 3.05) is 13.2 Å². The van der Waals surface area contributed by atoms with Crippen LogP contribution in [-0.2, 0) is 0 Å². The van der Waals surface area contributed by atoms with Crippen LogP contribution in [0.3, 0.4) is 0 Å². The van der Waals surface area contributed by atoms with Crippen molar-refractivity contribution in [2.24, 2.45) is 0 Å². The normalized spacial score (nSPS) is 10.2. The Morgan fingerprint density at radius 1 is 1.40 bits per heavy atom. The maximum atomic E-state index is 10.6. The summed E-state index contributed by atoms with van der Waals surface area (Å²) in [5.74, 6) is -0.309. The molecule has 84 valence electrons. The maximum absolute atomic E-state index is 10.6. The number of aliphatic hydroxyl groups excluding tert-OH is 1. The molecule has 1 heterocycles. The van der Waals surface area contributed by atoms with E-state index in [-0.39, 0.29) is 6.61 Å². The summed E-state index contributed by atoms with van der Waals surface area (Å²) in [6, 6.07) is 1.53. The van der Waals surface area contributed by atoms with E-state index in [1.165, 1.54) is 6.07 Å². The molecule has 1 rings (SSSR count). The molecule has 0 spiro atoms. The van der Waals surface area contributed by atoms with E-state index in [0.29, 0.717) is 17.2 Å². The number of aliphatic hydroxyl groups is 1. The molecule has 1 aromatic rings. The molecule has 2 N–H and O–H groups in total. The van der Waals surface area contributed by atoms with Gasteiger partial charge in [-0.2, -0.15) is 0 Å². The highest BCUT2D eigenvalue weighted by molar-refractivity contribution is 7.12. The van der Waals surface area contributed by atoms with Gasteiger partial charge in [-0.25, -0.2) is 4.79 Å². The van der Waals surface area contributed by atoms with Gasteiger partial charge >= 0.3 is 5.97 Å². The molecule has 0 unspecified atom stereocenters. The highest BCUT2D eigenvalue weighted by Crippen LogP contribution is 2.21. The third kappa shape index (κ3) is 4.31. The molecule has 1 aromatic heterocycles. The lowest BCUT2D eigenvalue weighted by Gasteiger charge is -2.02. The SMILES string of the molecule is O=C(O)c1cc(OCCCCCO)cs1. The number of hydrogen-bond acceptors (Lipinski definition) is 4. The van der Waals surface area contributed by atoms with E-state index in [1.807, 2.05) is 0 Å². The van der Waals surface area contributed by atoms with Crippen LogP contribution >= 0.6 is 11.3 Å². The molecule has 15 heavy (non-hydrogen) atoms. The zero-order valence-electron chi connectivity index (χ0n) is 8.31. The number of unbranched alkanes of at least 4 members (excludes halogenated alkanes) is 2. The first-order valence-corrected chi connectivity index (χ1v) is 5.67. The van der Waals surface area contributed by atoms with E-state index >= 15 is 0 Å². The van der Waals surface area contributed by atoms with Crippen molar-refractivity contribution in [3.63, 3.8) is 0 Å². The number of ether oxygens (including phenoxy) is 1. The van der Waals surface area contributed by atoms with Gasteiger partial charge in [0.15, 0.2) is 0 Å². The van der Waals surface area contributed by atoms with Crippen LogP contribution in [0.1, 0.15) is 28.9 Å². The maximum Gasteiger partial charge on any atom is 0.346 e. The van der Waals surface area contributed by atoms with E-state index < -0.39 is 5.97 Å². The Kier molecular flexibility index (Phi) is 5.14. The monoisotopic (exact) mass is 230 g/mol.